The van der Waals surface area contributed by atoms with Crippen LogP contribution in [0.25, 0.3) is 11.1 Å². The van der Waals surface area contributed by atoms with E-state index in [1.165, 1.54) is 6.07 Å². The van der Waals surface area contributed by atoms with Crippen molar-refractivity contribution in [1.29, 1.82) is 0 Å². The second kappa shape index (κ2) is 14.3. The van der Waals surface area contributed by atoms with Crippen molar-refractivity contribution in [2.75, 3.05) is 19.8 Å². The first-order valence-electron chi connectivity index (χ1n) is 14.3. The first-order chi connectivity index (χ1) is 19.0. The highest BCUT2D eigenvalue weighted by atomic mass is 19.2. The molecule has 210 valence electrons. The number of benzene rings is 3. The Labute approximate surface area is 230 Å². The molecule has 0 amide bonds. The van der Waals surface area contributed by atoms with Gasteiger partial charge in [0, 0.05) is 11.6 Å². The van der Waals surface area contributed by atoms with Crippen molar-refractivity contribution in [3.8, 4) is 28.4 Å². The average molecular weight is 541 g/mol. The molecule has 1 fully saturated rings. The summed E-state index contributed by atoms with van der Waals surface area (Å²) in [7, 11) is 0. The van der Waals surface area contributed by atoms with E-state index in [-0.39, 0.29) is 23.1 Å². The van der Waals surface area contributed by atoms with Crippen LogP contribution in [0.2, 0.25) is 0 Å². The van der Waals surface area contributed by atoms with Gasteiger partial charge in [0.25, 0.3) is 0 Å². The van der Waals surface area contributed by atoms with Crippen LogP contribution in [0.3, 0.4) is 0 Å². The van der Waals surface area contributed by atoms with Gasteiger partial charge in [-0.25, -0.2) is 13.2 Å². The van der Waals surface area contributed by atoms with E-state index < -0.39 is 17.5 Å². The minimum atomic E-state index is -0.804. The Kier molecular flexibility index (Phi) is 10.6. The minimum absolute atomic E-state index is 0.0314. The molecule has 4 rings (SSSR count). The van der Waals surface area contributed by atoms with Crippen molar-refractivity contribution < 1.29 is 27.4 Å². The van der Waals surface area contributed by atoms with Crippen molar-refractivity contribution in [2.24, 2.45) is 5.92 Å². The summed E-state index contributed by atoms with van der Waals surface area (Å²) in [6, 6.07) is 15.2. The third-order valence-corrected chi connectivity index (χ3v) is 7.48. The fraction of sp³-hybridized carbons (Fsp3) is 0.455. The second-order valence-corrected chi connectivity index (χ2v) is 10.4. The number of rotatable bonds is 13. The Hall–Kier alpha value is -3.15. The fourth-order valence-electron chi connectivity index (χ4n) is 5.04. The second-order valence-electron chi connectivity index (χ2n) is 10.4. The number of hydrogen-bond acceptors (Lipinski definition) is 3. The molecule has 0 saturated heterocycles. The molecule has 6 heteroatoms. The summed E-state index contributed by atoms with van der Waals surface area (Å²) in [4.78, 5) is 0. The first-order valence-corrected chi connectivity index (χ1v) is 14.3. The highest BCUT2D eigenvalue weighted by Gasteiger charge is 2.27. The van der Waals surface area contributed by atoms with E-state index in [2.05, 4.69) is 13.8 Å². The Morgan fingerprint density at radius 2 is 1.36 bits per heavy atom. The zero-order valence-electron chi connectivity index (χ0n) is 23.0. The normalized spacial score (nSPS) is 17.2. The lowest BCUT2D eigenvalue weighted by atomic mass is 9.78. The van der Waals surface area contributed by atoms with Crippen molar-refractivity contribution in [1.82, 2.24) is 0 Å². The van der Waals surface area contributed by atoms with Crippen LogP contribution in [0.1, 0.15) is 76.7 Å². The van der Waals surface area contributed by atoms with E-state index in [0.717, 1.165) is 57.1 Å². The van der Waals surface area contributed by atoms with Crippen LogP contribution in [0.5, 0.6) is 17.2 Å². The molecule has 1 aliphatic carbocycles. The zero-order chi connectivity index (χ0) is 27.6. The Morgan fingerprint density at radius 1 is 0.692 bits per heavy atom. The number of hydrogen-bond donors (Lipinski definition) is 0. The van der Waals surface area contributed by atoms with Crippen LogP contribution in [-0.4, -0.2) is 19.8 Å². The van der Waals surface area contributed by atoms with Gasteiger partial charge in [0.1, 0.15) is 11.5 Å². The summed E-state index contributed by atoms with van der Waals surface area (Å²) >= 11 is 0. The van der Waals surface area contributed by atoms with Gasteiger partial charge in [-0.2, -0.15) is 0 Å². The van der Waals surface area contributed by atoms with Crippen LogP contribution in [0.4, 0.5) is 13.2 Å². The lowest BCUT2D eigenvalue weighted by molar-refractivity contribution is 0.198. The van der Waals surface area contributed by atoms with E-state index >= 15 is 8.78 Å². The highest BCUT2D eigenvalue weighted by Crippen LogP contribution is 2.39. The Bertz CT molecular complexity index is 1190. The summed E-state index contributed by atoms with van der Waals surface area (Å²) in [5, 5.41) is 0. The molecule has 0 aliphatic heterocycles. The molecule has 3 nitrogen and oxygen atoms in total. The Morgan fingerprint density at radius 3 is 2.03 bits per heavy atom. The third kappa shape index (κ3) is 7.71. The zero-order valence-corrected chi connectivity index (χ0v) is 23.0. The van der Waals surface area contributed by atoms with Crippen LogP contribution >= 0.6 is 0 Å². The van der Waals surface area contributed by atoms with E-state index in [0.29, 0.717) is 36.7 Å². The molecule has 0 spiro atoms. The highest BCUT2D eigenvalue weighted by molar-refractivity contribution is 5.65. The predicted octanol–water partition coefficient (Wildman–Crippen LogP) is 9.48. The molecule has 3 aromatic rings. The molecular weight excluding hydrogens is 501 g/mol. The monoisotopic (exact) mass is 540 g/mol. The van der Waals surface area contributed by atoms with Crippen molar-refractivity contribution in [2.45, 2.75) is 71.1 Å². The maximum absolute atomic E-state index is 15.2. The van der Waals surface area contributed by atoms with Gasteiger partial charge in [-0.1, -0.05) is 51.0 Å². The van der Waals surface area contributed by atoms with Crippen LogP contribution in [-0.2, 0) is 0 Å². The fourth-order valence-corrected chi connectivity index (χ4v) is 5.04. The summed E-state index contributed by atoms with van der Waals surface area (Å²) in [6.45, 7) is 5.76. The number of unbranched alkanes of at least 4 members (excludes halogenated alkanes) is 2. The van der Waals surface area contributed by atoms with Gasteiger partial charge >= 0.3 is 0 Å². The molecule has 0 heterocycles. The van der Waals surface area contributed by atoms with Crippen molar-refractivity contribution in [3.63, 3.8) is 0 Å². The first kappa shape index (κ1) is 28.8. The standard InChI is InChI=1S/C33H39F3O3/c1-3-5-19-37-26-13-11-25(12-14-26)29-17-16-28(32(35)33(29)36)24-9-7-23(8-10-24)22-39-27-15-18-31(30(34)21-27)38-20-6-4-2/h11-18,21,23-24H,3-10,19-20,22H2,1-2H3. The van der Waals surface area contributed by atoms with Gasteiger partial charge in [-0.3, -0.25) is 0 Å². The largest absolute Gasteiger partial charge is 0.494 e. The molecule has 0 radical (unpaired) electrons. The lowest BCUT2D eigenvalue weighted by Crippen LogP contribution is -2.20. The van der Waals surface area contributed by atoms with Gasteiger partial charge in [0.2, 0.25) is 0 Å². The molecule has 0 atom stereocenters. The van der Waals surface area contributed by atoms with Gasteiger partial charge in [-0.15, -0.1) is 0 Å². The van der Waals surface area contributed by atoms with E-state index in [4.69, 9.17) is 14.2 Å². The topological polar surface area (TPSA) is 27.7 Å². The van der Waals surface area contributed by atoms with Gasteiger partial charge in [0.05, 0.1) is 19.8 Å². The maximum atomic E-state index is 15.2. The quantitative estimate of drug-likeness (QED) is 0.202. The van der Waals surface area contributed by atoms with E-state index in [1.54, 1.807) is 48.5 Å². The Balaban J connectivity index is 1.30. The molecule has 0 aromatic heterocycles. The minimum Gasteiger partial charge on any atom is -0.494 e. The predicted molar refractivity (Wildman–Crippen MR) is 149 cm³/mol. The summed E-state index contributed by atoms with van der Waals surface area (Å²) in [6.07, 6.45) is 7.08. The van der Waals surface area contributed by atoms with Gasteiger partial charge in [-0.05, 0) is 85.8 Å². The molecular formula is C33H39F3O3. The summed E-state index contributed by atoms with van der Waals surface area (Å²) in [5.74, 6) is -0.291. The summed E-state index contributed by atoms with van der Waals surface area (Å²) < 4.78 is 61.6. The third-order valence-electron chi connectivity index (χ3n) is 7.48. The lowest BCUT2D eigenvalue weighted by Gasteiger charge is -2.29. The number of halogens is 3. The van der Waals surface area contributed by atoms with Crippen LogP contribution < -0.4 is 14.2 Å². The molecule has 0 bridgehead atoms. The molecule has 0 unspecified atom stereocenters. The van der Waals surface area contributed by atoms with Crippen molar-refractivity contribution >= 4 is 0 Å². The maximum Gasteiger partial charge on any atom is 0.168 e. The SMILES string of the molecule is CCCCOc1ccc(-c2ccc(C3CCC(COc4ccc(OCCCC)c(F)c4)CC3)c(F)c2F)cc1. The molecule has 39 heavy (non-hydrogen) atoms. The van der Waals surface area contributed by atoms with Gasteiger partial charge < -0.3 is 14.2 Å². The molecule has 1 aliphatic rings. The van der Waals surface area contributed by atoms with E-state index in [9.17, 15) is 4.39 Å². The molecule has 0 N–H and O–H groups in total. The van der Waals surface area contributed by atoms with Gasteiger partial charge in [0.15, 0.2) is 23.2 Å². The molecule has 3 aromatic carbocycles. The number of ether oxygens (including phenoxy) is 3. The summed E-state index contributed by atoms with van der Waals surface area (Å²) in [5.41, 5.74) is 1.32. The van der Waals surface area contributed by atoms with Crippen LogP contribution in [0.15, 0.2) is 54.6 Å². The van der Waals surface area contributed by atoms with E-state index in [1.807, 2.05) is 0 Å². The van der Waals surface area contributed by atoms with Crippen molar-refractivity contribution in [3.05, 3.63) is 77.6 Å². The average Bonchev–Trinajstić information content (AvgIpc) is 2.95. The van der Waals surface area contributed by atoms with Crippen LogP contribution in [0, 0.1) is 23.4 Å². The smallest absolute Gasteiger partial charge is 0.168 e. The molecule has 1 saturated carbocycles.